The number of nitrogens with zero attached hydrogens (tertiary/aromatic N) is 6. The summed E-state index contributed by atoms with van der Waals surface area (Å²) >= 11 is 0. The van der Waals surface area contributed by atoms with E-state index in [1.165, 1.54) is 12.4 Å². The lowest BCUT2D eigenvalue weighted by Crippen LogP contribution is -2.09. The van der Waals surface area contributed by atoms with E-state index in [9.17, 15) is 0 Å². The number of anilines is 2. The number of pyridine rings is 1. The molecule has 1 unspecified atom stereocenters. The van der Waals surface area contributed by atoms with Crippen LogP contribution in [-0.4, -0.2) is 56.4 Å². The lowest BCUT2D eigenvalue weighted by atomic mass is 10.1. The van der Waals surface area contributed by atoms with Gasteiger partial charge in [-0.2, -0.15) is 0 Å². The number of fused-ring (bicyclic) bond motifs is 2. The molecular formula is C29H31FN8O3. The Morgan fingerprint density at radius 1 is 1.15 bits per heavy atom. The summed E-state index contributed by atoms with van der Waals surface area (Å²) in [6.45, 7) is 3.84. The number of hydrogen-bond acceptors (Lipinski definition) is 10. The van der Waals surface area contributed by atoms with Crippen molar-refractivity contribution in [1.82, 2.24) is 29.5 Å². The predicted octanol–water partition coefficient (Wildman–Crippen LogP) is 4.53. The minimum Gasteiger partial charge on any atom is -0.487 e. The van der Waals surface area contributed by atoms with Gasteiger partial charge in [0, 0.05) is 55.5 Å². The zero-order chi connectivity index (χ0) is 28.3. The number of halogens is 1. The maximum Gasteiger partial charge on any atom is 0.157 e. The number of methoxy groups -OCH3 is 1. The number of ether oxygens (including phenoxy) is 3. The summed E-state index contributed by atoms with van der Waals surface area (Å²) in [5.41, 5.74) is 10.4. The standard InChI is InChI=1S/C29H31FN8O3/c1-3-17-9-22(33-6-8-39-2)27-21(30)10-19(11-23(27)36-17)41-15-18-12-32-13-25(37-18)38-14-20(24-5-4-7-40-24)26-28(31)34-16-35-29(26)38/h9-14,16,24H,3-8,15H2,1-2H3,(H,33,36)(H2,31,34,35). The van der Waals surface area contributed by atoms with Gasteiger partial charge >= 0.3 is 0 Å². The van der Waals surface area contributed by atoms with Crippen LogP contribution < -0.4 is 15.8 Å². The summed E-state index contributed by atoms with van der Waals surface area (Å²) in [5.74, 6) is 0.856. The highest BCUT2D eigenvalue weighted by molar-refractivity contribution is 5.93. The van der Waals surface area contributed by atoms with E-state index < -0.39 is 5.82 Å². The SMILES string of the molecule is CCc1cc(NCCOC)c2c(F)cc(OCc3cncc(-n4cc(C5CCCO5)c5c(N)ncnc54)n3)cc2n1. The number of aryl methyl sites for hydroxylation is 1. The van der Waals surface area contributed by atoms with Gasteiger partial charge in [0.1, 0.15) is 30.3 Å². The molecule has 0 bridgehead atoms. The average molecular weight is 559 g/mol. The van der Waals surface area contributed by atoms with Crippen molar-refractivity contribution in [2.24, 2.45) is 0 Å². The van der Waals surface area contributed by atoms with Crippen molar-refractivity contribution in [3.63, 3.8) is 0 Å². The van der Waals surface area contributed by atoms with Crippen LogP contribution in [0.1, 0.15) is 42.8 Å². The molecule has 1 atom stereocenters. The Hall–Kier alpha value is -4.42. The number of benzene rings is 1. The van der Waals surface area contributed by atoms with Crippen molar-refractivity contribution < 1.29 is 18.6 Å². The van der Waals surface area contributed by atoms with Crippen molar-refractivity contribution in [3.8, 4) is 11.6 Å². The smallest absolute Gasteiger partial charge is 0.157 e. The number of rotatable bonds is 10. The third-order valence-electron chi connectivity index (χ3n) is 7.09. The zero-order valence-electron chi connectivity index (χ0n) is 22.9. The Morgan fingerprint density at radius 3 is 2.85 bits per heavy atom. The molecule has 4 aromatic heterocycles. The predicted molar refractivity (Wildman–Crippen MR) is 153 cm³/mol. The molecule has 0 amide bonds. The molecule has 3 N–H and O–H groups in total. The molecule has 0 saturated carbocycles. The zero-order valence-corrected chi connectivity index (χ0v) is 22.9. The molecule has 12 heteroatoms. The fourth-order valence-electron chi connectivity index (χ4n) is 5.13. The fraction of sp³-hybridized carbons (Fsp3) is 0.345. The van der Waals surface area contributed by atoms with E-state index >= 15 is 4.39 Å². The molecule has 0 spiro atoms. The van der Waals surface area contributed by atoms with Gasteiger partial charge in [-0.25, -0.2) is 19.3 Å². The highest BCUT2D eigenvalue weighted by atomic mass is 19.1. The van der Waals surface area contributed by atoms with E-state index in [1.807, 2.05) is 23.8 Å². The summed E-state index contributed by atoms with van der Waals surface area (Å²) in [7, 11) is 1.63. The third-order valence-corrected chi connectivity index (χ3v) is 7.09. The molecule has 6 rings (SSSR count). The maximum absolute atomic E-state index is 15.3. The molecule has 5 heterocycles. The van der Waals surface area contributed by atoms with Gasteiger partial charge in [-0.3, -0.25) is 14.5 Å². The van der Waals surface area contributed by atoms with Gasteiger partial charge in [-0.1, -0.05) is 6.92 Å². The molecule has 0 aliphatic carbocycles. The monoisotopic (exact) mass is 558 g/mol. The van der Waals surface area contributed by atoms with E-state index in [0.29, 0.717) is 71.5 Å². The molecule has 1 aliphatic rings. The lowest BCUT2D eigenvalue weighted by molar-refractivity contribution is 0.113. The van der Waals surface area contributed by atoms with Gasteiger partial charge in [0.25, 0.3) is 0 Å². The van der Waals surface area contributed by atoms with Crippen LogP contribution in [0.2, 0.25) is 0 Å². The summed E-state index contributed by atoms with van der Waals surface area (Å²) < 4.78 is 34.2. The molecule has 212 valence electrons. The number of nitrogens with one attached hydrogen (secondary N) is 1. The first-order valence-electron chi connectivity index (χ1n) is 13.6. The molecule has 5 aromatic rings. The largest absolute Gasteiger partial charge is 0.487 e. The highest BCUT2D eigenvalue weighted by Gasteiger charge is 2.25. The molecule has 0 radical (unpaired) electrons. The van der Waals surface area contributed by atoms with E-state index in [-0.39, 0.29) is 12.7 Å². The second-order valence-corrected chi connectivity index (χ2v) is 9.80. The van der Waals surface area contributed by atoms with Gasteiger partial charge in [0.05, 0.1) is 47.1 Å². The van der Waals surface area contributed by atoms with Gasteiger partial charge in [-0.05, 0) is 25.3 Å². The van der Waals surface area contributed by atoms with E-state index in [2.05, 4.69) is 25.3 Å². The van der Waals surface area contributed by atoms with Crippen LogP contribution in [0.25, 0.3) is 27.8 Å². The maximum atomic E-state index is 15.3. The summed E-state index contributed by atoms with van der Waals surface area (Å²) in [5, 5.41) is 4.41. The van der Waals surface area contributed by atoms with Crippen LogP contribution in [-0.2, 0) is 22.5 Å². The summed E-state index contributed by atoms with van der Waals surface area (Å²) in [6.07, 6.45) is 9.14. The Morgan fingerprint density at radius 2 is 2.05 bits per heavy atom. The molecular weight excluding hydrogens is 527 g/mol. The number of nitrogen functional groups attached to an aromatic ring is 1. The van der Waals surface area contributed by atoms with Crippen molar-refractivity contribution in [2.45, 2.75) is 38.9 Å². The quantitative estimate of drug-likeness (QED) is 0.235. The molecule has 1 aliphatic heterocycles. The van der Waals surface area contributed by atoms with Crippen molar-refractivity contribution in [3.05, 3.63) is 65.9 Å². The Bertz CT molecular complexity index is 1700. The highest BCUT2D eigenvalue weighted by Crippen LogP contribution is 2.37. The van der Waals surface area contributed by atoms with Crippen LogP contribution in [0.4, 0.5) is 15.9 Å². The van der Waals surface area contributed by atoms with Gasteiger partial charge in [0.2, 0.25) is 0 Å². The van der Waals surface area contributed by atoms with Crippen LogP contribution in [0, 0.1) is 5.82 Å². The first-order valence-corrected chi connectivity index (χ1v) is 13.6. The van der Waals surface area contributed by atoms with E-state index in [4.69, 9.17) is 24.9 Å². The average Bonchev–Trinajstić information content (AvgIpc) is 3.65. The van der Waals surface area contributed by atoms with Crippen LogP contribution >= 0.6 is 0 Å². The number of aromatic nitrogens is 6. The Balaban J connectivity index is 1.28. The van der Waals surface area contributed by atoms with Gasteiger partial charge in [-0.15, -0.1) is 0 Å². The van der Waals surface area contributed by atoms with Gasteiger partial charge in [0.15, 0.2) is 11.5 Å². The normalized spacial score (nSPS) is 15.1. The van der Waals surface area contributed by atoms with Crippen LogP contribution in [0.15, 0.2) is 43.1 Å². The number of hydrogen-bond donors (Lipinski definition) is 2. The van der Waals surface area contributed by atoms with Crippen LogP contribution in [0.3, 0.4) is 0 Å². The summed E-state index contributed by atoms with van der Waals surface area (Å²) in [6, 6.07) is 4.97. The van der Waals surface area contributed by atoms with Crippen LogP contribution in [0.5, 0.6) is 5.75 Å². The number of nitrogens with two attached hydrogens (primary N) is 1. The lowest BCUT2D eigenvalue weighted by Gasteiger charge is -2.14. The van der Waals surface area contributed by atoms with Crippen molar-refractivity contribution >= 4 is 33.4 Å². The molecule has 41 heavy (non-hydrogen) atoms. The van der Waals surface area contributed by atoms with E-state index in [0.717, 1.165) is 29.5 Å². The van der Waals surface area contributed by atoms with E-state index in [1.54, 1.807) is 25.6 Å². The van der Waals surface area contributed by atoms with Gasteiger partial charge < -0.3 is 25.3 Å². The Labute approximate surface area is 235 Å². The topological polar surface area (TPSA) is 135 Å². The van der Waals surface area contributed by atoms with Crippen molar-refractivity contribution in [1.29, 1.82) is 0 Å². The second kappa shape index (κ2) is 11.6. The fourth-order valence-corrected chi connectivity index (χ4v) is 5.13. The first-order chi connectivity index (χ1) is 20.1. The molecule has 11 nitrogen and oxygen atoms in total. The Kier molecular flexibility index (Phi) is 7.57. The minimum absolute atomic E-state index is 0.0765. The molecule has 1 aromatic carbocycles. The molecule has 1 saturated heterocycles. The first kappa shape index (κ1) is 26.8. The third kappa shape index (κ3) is 5.35. The minimum atomic E-state index is -0.426. The second-order valence-electron chi connectivity index (χ2n) is 9.80. The van der Waals surface area contributed by atoms with Crippen molar-refractivity contribution in [2.75, 3.05) is 37.9 Å². The summed E-state index contributed by atoms with van der Waals surface area (Å²) in [4.78, 5) is 22.4. The molecule has 1 fully saturated rings.